The number of hydrogen-bond donors (Lipinski definition) is 7. The number of nitrogens with one attached hydrogen (secondary N) is 2. The fourth-order valence-corrected chi connectivity index (χ4v) is 9.43. The quantitative estimate of drug-likeness (QED) is 0.0260. The molecule has 2 aliphatic heterocycles. The van der Waals surface area contributed by atoms with Crippen molar-refractivity contribution in [3.8, 4) is 0 Å². The minimum absolute atomic E-state index is 0.0588. The molecule has 0 bridgehead atoms. The molecule has 0 saturated carbocycles. The fraction of sp³-hybridized carbons (Fsp3) is 0.947. The monoisotopic (exact) mass is 778 g/mol. The largest absolute Gasteiger partial charge is 0.391 e. The Balaban J connectivity index is 2.53. The lowest BCUT2D eigenvalue weighted by molar-refractivity contribution is -0.109. The van der Waals surface area contributed by atoms with Crippen LogP contribution < -0.4 is 10.6 Å². The zero-order valence-electron chi connectivity index (χ0n) is 32.7. The van der Waals surface area contributed by atoms with Crippen LogP contribution in [0.15, 0.2) is 0 Å². The molecule has 0 aromatic rings. The lowest BCUT2D eigenvalue weighted by Gasteiger charge is -2.50. The Bertz CT molecular complexity index is 991. The molecule has 0 spiro atoms. The van der Waals surface area contributed by atoms with E-state index >= 15 is 0 Å². The van der Waals surface area contributed by atoms with Gasteiger partial charge in [0.2, 0.25) is 6.41 Å². The summed E-state index contributed by atoms with van der Waals surface area (Å²) in [4.78, 5) is 28.3. The fourth-order valence-electron chi connectivity index (χ4n) is 9.17. The number of aliphatic hydroxyl groups is 3. The van der Waals surface area contributed by atoms with E-state index in [2.05, 4.69) is 68.5 Å². The van der Waals surface area contributed by atoms with Crippen molar-refractivity contribution in [1.82, 2.24) is 20.4 Å². The maximum atomic E-state index is 13.7. The van der Waals surface area contributed by atoms with E-state index < -0.39 is 34.8 Å². The SMILES string of the molecule is CCCCOCC(O)CC1(CC)C(C)CCN(C(=O)NCCCCCCNC=O)CCN2C(CC)(C(O)COCCCS)C21C(O)COCCCS. The van der Waals surface area contributed by atoms with Crippen LogP contribution in [-0.4, -0.2) is 151 Å². The van der Waals surface area contributed by atoms with E-state index in [9.17, 15) is 24.9 Å². The molecule has 2 fully saturated rings. The van der Waals surface area contributed by atoms with Gasteiger partial charge in [-0.3, -0.25) is 9.69 Å². The van der Waals surface area contributed by atoms with Crippen LogP contribution in [0.5, 0.6) is 0 Å². The summed E-state index contributed by atoms with van der Waals surface area (Å²) in [5, 5.41) is 42.4. The van der Waals surface area contributed by atoms with Gasteiger partial charge < -0.3 is 45.1 Å². The van der Waals surface area contributed by atoms with Crippen LogP contribution in [0.2, 0.25) is 0 Å². The number of urea groups is 1. The van der Waals surface area contributed by atoms with Gasteiger partial charge in [-0.25, -0.2) is 4.79 Å². The topological polar surface area (TPSA) is 153 Å². The molecule has 306 valence electrons. The Morgan fingerprint density at radius 2 is 1.44 bits per heavy atom. The highest BCUT2D eigenvalue weighted by Crippen LogP contribution is 2.70. The van der Waals surface area contributed by atoms with E-state index in [0.29, 0.717) is 96.1 Å². The van der Waals surface area contributed by atoms with Gasteiger partial charge in [0.05, 0.1) is 49.2 Å². The Kier molecular flexibility index (Phi) is 23.1. The Morgan fingerprint density at radius 3 is 2.04 bits per heavy atom. The highest BCUT2D eigenvalue weighted by atomic mass is 32.1. The van der Waals surface area contributed by atoms with E-state index in [4.69, 9.17) is 14.2 Å². The number of hydrogen-bond acceptors (Lipinski definition) is 11. The first-order valence-electron chi connectivity index (χ1n) is 20.1. The van der Waals surface area contributed by atoms with Gasteiger partial charge in [0.15, 0.2) is 0 Å². The second-order valence-corrected chi connectivity index (χ2v) is 15.6. The summed E-state index contributed by atoms with van der Waals surface area (Å²) >= 11 is 8.66. The van der Waals surface area contributed by atoms with E-state index in [1.165, 1.54) is 0 Å². The molecule has 0 aromatic heterocycles. The van der Waals surface area contributed by atoms with Gasteiger partial charge in [0.25, 0.3) is 0 Å². The van der Waals surface area contributed by atoms with Crippen LogP contribution in [0.4, 0.5) is 4.79 Å². The molecular formula is C38H74N4O8S2. The summed E-state index contributed by atoms with van der Waals surface area (Å²) in [7, 11) is 0. The number of carbonyl (C=O) groups excluding carboxylic acids is 2. The van der Waals surface area contributed by atoms with E-state index in [0.717, 1.165) is 51.4 Å². The maximum Gasteiger partial charge on any atom is 0.317 e. The molecule has 2 saturated heterocycles. The highest BCUT2D eigenvalue weighted by molar-refractivity contribution is 7.80. The van der Waals surface area contributed by atoms with Gasteiger partial charge in [-0.1, -0.05) is 47.0 Å². The lowest BCUT2D eigenvalue weighted by Crippen LogP contribution is -2.60. The first kappa shape index (κ1) is 47.3. The number of aliphatic hydroxyl groups excluding tert-OH is 3. The summed E-state index contributed by atoms with van der Waals surface area (Å²) in [6.07, 6.45) is 7.30. The van der Waals surface area contributed by atoms with E-state index in [-0.39, 0.29) is 31.8 Å². The summed E-state index contributed by atoms with van der Waals surface area (Å²) in [6.45, 7) is 12.9. The second kappa shape index (κ2) is 25.3. The van der Waals surface area contributed by atoms with Gasteiger partial charge in [-0.05, 0) is 80.6 Å². The summed E-state index contributed by atoms with van der Waals surface area (Å²) in [6, 6.07) is -0.121. The molecule has 8 unspecified atom stereocenters. The van der Waals surface area contributed by atoms with Crippen LogP contribution in [0.3, 0.4) is 0 Å². The number of amides is 3. The van der Waals surface area contributed by atoms with Crippen LogP contribution in [0.25, 0.3) is 0 Å². The molecule has 2 aliphatic rings. The van der Waals surface area contributed by atoms with Gasteiger partial charge in [0, 0.05) is 52.5 Å². The van der Waals surface area contributed by atoms with Crippen molar-refractivity contribution in [3.05, 3.63) is 0 Å². The van der Waals surface area contributed by atoms with Crippen molar-refractivity contribution in [1.29, 1.82) is 0 Å². The predicted molar refractivity (Wildman–Crippen MR) is 213 cm³/mol. The van der Waals surface area contributed by atoms with Crippen molar-refractivity contribution in [3.63, 3.8) is 0 Å². The lowest BCUT2D eigenvalue weighted by atomic mass is 9.55. The van der Waals surface area contributed by atoms with Crippen LogP contribution in [0.1, 0.15) is 105 Å². The normalized spacial score (nSPS) is 27.8. The summed E-state index contributed by atoms with van der Waals surface area (Å²) in [5.41, 5.74) is -2.56. The number of ether oxygens (including phenoxy) is 3. The molecule has 5 N–H and O–H groups in total. The molecule has 14 heteroatoms. The number of fused-ring (bicyclic) bond motifs is 1. The third-order valence-corrected chi connectivity index (χ3v) is 12.4. The molecule has 0 aliphatic carbocycles. The van der Waals surface area contributed by atoms with Crippen LogP contribution in [-0.2, 0) is 19.0 Å². The third-order valence-electron chi connectivity index (χ3n) is 11.7. The van der Waals surface area contributed by atoms with Crippen molar-refractivity contribution < 1.29 is 39.1 Å². The van der Waals surface area contributed by atoms with Crippen molar-refractivity contribution in [2.45, 2.75) is 134 Å². The molecular weight excluding hydrogens is 705 g/mol. The van der Waals surface area contributed by atoms with Crippen LogP contribution >= 0.6 is 25.3 Å². The number of thiol groups is 2. The average Bonchev–Trinajstić information content (AvgIpc) is 3.76. The maximum absolute atomic E-state index is 13.7. The first-order valence-corrected chi connectivity index (χ1v) is 21.4. The molecule has 3 amide bonds. The smallest absolute Gasteiger partial charge is 0.317 e. The zero-order valence-corrected chi connectivity index (χ0v) is 34.5. The van der Waals surface area contributed by atoms with Gasteiger partial charge in [-0.2, -0.15) is 25.3 Å². The molecule has 2 rings (SSSR count). The first-order chi connectivity index (χ1) is 25.1. The highest BCUT2D eigenvalue weighted by Gasteiger charge is 2.85. The second-order valence-electron chi connectivity index (χ2n) is 14.7. The molecule has 0 aromatic carbocycles. The van der Waals surface area contributed by atoms with Gasteiger partial charge in [-0.15, -0.1) is 0 Å². The third kappa shape index (κ3) is 11.8. The number of unbranched alkanes of at least 4 members (excludes halogenated alkanes) is 4. The van der Waals surface area contributed by atoms with Crippen molar-refractivity contribution in [2.75, 3.05) is 83.9 Å². The van der Waals surface area contributed by atoms with Crippen molar-refractivity contribution in [2.24, 2.45) is 11.3 Å². The minimum atomic E-state index is -0.989. The minimum Gasteiger partial charge on any atom is -0.391 e. The molecule has 2 heterocycles. The Morgan fingerprint density at radius 1 is 0.827 bits per heavy atom. The molecule has 0 radical (unpaired) electrons. The molecule has 8 atom stereocenters. The number of rotatable bonds is 29. The number of carbonyl (C=O) groups is 2. The summed E-state index contributed by atoms with van der Waals surface area (Å²) in [5.74, 6) is 1.29. The Hall–Kier alpha value is -0.840. The van der Waals surface area contributed by atoms with Gasteiger partial charge >= 0.3 is 6.03 Å². The molecule has 52 heavy (non-hydrogen) atoms. The van der Waals surface area contributed by atoms with E-state index in [1.54, 1.807) is 0 Å². The van der Waals surface area contributed by atoms with E-state index in [1.807, 2.05) is 4.90 Å². The van der Waals surface area contributed by atoms with Crippen LogP contribution in [0, 0.1) is 11.3 Å². The van der Waals surface area contributed by atoms with Gasteiger partial charge in [0.1, 0.15) is 0 Å². The Labute approximate surface area is 325 Å². The zero-order chi connectivity index (χ0) is 38.5. The molecule has 12 nitrogen and oxygen atoms in total. The van der Waals surface area contributed by atoms with Crippen molar-refractivity contribution >= 4 is 37.7 Å². The number of nitrogens with zero attached hydrogens (tertiary/aromatic N) is 2. The average molecular weight is 779 g/mol. The predicted octanol–water partition coefficient (Wildman–Crippen LogP) is 3.91. The summed E-state index contributed by atoms with van der Waals surface area (Å²) < 4.78 is 18.1. The standard InChI is InChI=1S/C38H74N4O8S2/c1-5-8-21-48-27-32(44)26-36(6-2)31(4)15-18-41(35(47)40-17-12-10-9-11-16-39-30-43)19-20-42-37(7-3,33(45)28-49-22-13-24-51)38(36,42)34(46)29-50-23-14-25-52/h30-34,44-46,51-52H,5-29H2,1-4H3,(H,39,43)(H,40,47).